The molecule has 1 aromatic rings. The second-order valence-corrected chi connectivity index (χ2v) is 7.20. The Labute approximate surface area is 170 Å². The molecule has 2 rings (SSSR count). The maximum Gasteiger partial charge on any atom is 0.326 e. The number of aliphatic carboxylic acids is 2. The smallest absolute Gasteiger partial charge is 0.326 e. The van der Waals surface area contributed by atoms with Gasteiger partial charge in [-0.15, -0.1) is 0 Å². The Morgan fingerprint density at radius 2 is 1.69 bits per heavy atom. The van der Waals surface area contributed by atoms with E-state index in [1.165, 1.54) is 0 Å². The summed E-state index contributed by atoms with van der Waals surface area (Å²) in [6.07, 6.45) is 0.821. The van der Waals surface area contributed by atoms with Crippen molar-refractivity contribution in [1.29, 1.82) is 0 Å². The third-order valence-corrected chi connectivity index (χ3v) is 4.22. The van der Waals surface area contributed by atoms with Gasteiger partial charge in [0.1, 0.15) is 12.1 Å². The summed E-state index contributed by atoms with van der Waals surface area (Å²) in [6.45, 7) is 5.85. The standard InChI is InChI=1S/C14H18N2O4.C6H13NO2/c17-13(18)12(10-11-4-2-1-3-5-11)15-14(19)16-6-8-20-9-7-16;1-4(2)3-5(7)6(8)9/h1-5,12H,6-10H2,(H,15,19)(H,17,18);4-5H,3,7H2,1-2H3,(H,8,9)/t12-;5-/m00/s1. The number of carboxylic acid groups (broad SMARTS) is 2. The Hall–Kier alpha value is -2.65. The number of carbonyl (C=O) groups excluding carboxylic acids is 1. The maximum atomic E-state index is 12.0. The van der Waals surface area contributed by atoms with Crippen molar-refractivity contribution in [3.63, 3.8) is 0 Å². The Morgan fingerprint density at radius 3 is 2.14 bits per heavy atom. The van der Waals surface area contributed by atoms with Crippen LogP contribution in [0.4, 0.5) is 4.79 Å². The lowest BCUT2D eigenvalue weighted by atomic mass is 10.1. The first-order valence-corrected chi connectivity index (χ1v) is 9.59. The average molecular weight is 409 g/mol. The van der Waals surface area contributed by atoms with Gasteiger partial charge in [-0.1, -0.05) is 44.2 Å². The molecule has 5 N–H and O–H groups in total. The molecule has 0 spiro atoms. The topological polar surface area (TPSA) is 142 Å². The summed E-state index contributed by atoms with van der Waals surface area (Å²) in [6, 6.07) is 7.28. The van der Waals surface area contributed by atoms with Gasteiger partial charge in [0.15, 0.2) is 0 Å². The highest BCUT2D eigenvalue weighted by Gasteiger charge is 2.24. The number of nitrogens with two attached hydrogens (primary N) is 1. The van der Waals surface area contributed by atoms with Crippen LogP contribution in [0, 0.1) is 5.92 Å². The lowest BCUT2D eigenvalue weighted by Gasteiger charge is -2.28. The van der Waals surface area contributed by atoms with Gasteiger partial charge in [-0.25, -0.2) is 9.59 Å². The Balaban J connectivity index is 0.000000396. The zero-order chi connectivity index (χ0) is 21.8. The normalized spacial score (nSPS) is 15.7. The van der Waals surface area contributed by atoms with E-state index < -0.39 is 24.0 Å². The van der Waals surface area contributed by atoms with E-state index in [1.54, 1.807) is 4.90 Å². The summed E-state index contributed by atoms with van der Waals surface area (Å²) in [5.41, 5.74) is 6.09. The van der Waals surface area contributed by atoms with E-state index >= 15 is 0 Å². The number of morpholine rings is 1. The second kappa shape index (κ2) is 12.7. The molecule has 0 radical (unpaired) electrons. The molecule has 1 fully saturated rings. The molecule has 0 unspecified atom stereocenters. The van der Waals surface area contributed by atoms with Crippen LogP contribution in [0.1, 0.15) is 25.8 Å². The summed E-state index contributed by atoms with van der Waals surface area (Å²) in [5, 5.41) is 20.1. The van der Waals surface area contributed by atoms with Crippen molar-refractivity contribution in [2.24, 2.45) is 11.7 Å². The van der Waals surface area contributed by atoms with Crippen molar-refractivity contribution in [3.8, 4) is 0 Å². The number of ether oxygens (including phenoxy) is 1. The summed E-state index contributed by atoms with van der Waals surface area (Å²) < 4.78 is 5.16. The van der Waals surface area contributed by atoms with Gasteiger partial charge < -0.3 is 30.9 Å². The molecule has 1 aliphatic rings. The number of benzene rings is 1. The van der Waals surface area contributed by atoms with Gasteiger partial charge in [0, 0.05) is 19.5 Å². The zero-order valence-corrected chi connectivity index (χ0v) is 16.9. The number of rotatable bonds is 7. The first-order chi connectivity index (χ1) is 13.7. The van der Waals surface area contributed by atoms with Crippen LogP contribution in [0.15, 0.2) is 30.3 Å². The molecule has 1 aromatic carbocycles. The third kappa shape index (κ3) is 9.91. The minimum Gasteiger partial charge on any atom is -0.480 e. The predicted octanol–water partition coefficient (Wildman–Crippen LogP) is 1.17. The largest absolute Gasteiger partial charge is 0.480 e. The fraction of sp³-hybridized carbons (Fsp3) is 0.550. The van der Waals surface area contributed by atoms with Crippen LogP contribution in [0.5, 0.6) is 0 Å². The molecule has 2 amide bonds. The van der Waals surface area contributed by atoms with Crippen LogP contribution >= 0.6 is 0 Å². The zero-order valence-electron chi connectivity index (χ0n) is 16.9. The summed E-state index contributed by atoms with van der Waals surface area (Å²) >= 11 is 0. The summed E-state index contributed by atoms with van der Waals surface area (Å²) in [7, 11) is 0. The van der Waals surface area contributed by atoms with E-state index in [1.807, 2.05) is 44.2 Å². The van der Waals surface area contributed by atoms with Crippen molar-refractivity contribution < 1.29 is 29.3 Å². The van der Waals surface area contributed by atoms with Crippen LogP contribution in [0.2, 0.25) is 0 Å². The molecular weight excluding hydrogens is 378 g/mol. The molecule has 0 aromatic heterocycles. The van der Waals surface area contributed by atoms with E-state index in [0.29, 0.717) is 38.6 Å². The number of nitrogens with one attached hydrogen (secondary N) is 1. The van der Waals surface area contributed by atoms with Gasteiger partial charge in [-0.2, -0.15) is 0 Å². The molecule has 2 atom stereocenters. The minimum atomic E-state index is -1.03. The quantitative estimate of drug-likeness (QED) is 0.529. The monoisotopic (exact) mass is 409 g/mol. The number of carboxylic acids is 2. The Kier molecular flexibility index (Phi) is 10.7. The lowest BCUT2D eigenvalue weighted by molar-refractivity contribution is -0.140. The first-order valence-electron chi connectivity index (χ1n) is 9.59. The summed E-state index contributed by atoms with van der Waals surface area (Å²) in [4.78, 5) is 34.9. The fourth-order valence-electron chi connectivity index (χ4n) is 2.67. The van der Waals surface area contributed by atoms with Gasteiger partial charge in [0.2, 0.25) is 0 Å². The number of urea groups is 1. The highest BCUT2D eigenvalue weighted by Crippen LogP contribution is 2.05. The molecule has 0 aliphatic carbocycles. The van der Waals surface area contributed by atoms with E-state index in [-0.39, 0.29) is 12.5 Å². The Bertz CT molecular complexity index is 647. The predicted molar refractivity (Wildman–Crippen MR) is 108 cm³/mol. The molecule has 1 saturated heterocycles. The van der Waals surface area contributed by atoms with Gasteiger partial charge in [-0.3, -0.25) is 4.79 Å². The third-order valence-electron chi connectivity index (χ3n) is 4.22. The van der Waals surface area contributed by atoms with Crippen LogP contribution < -0.4 is 11.1 Å². The molecule has 1 heterocycles. The van der Waals surface area contributed by atoms with Crippen molar-refractivity contribution >= 4 is 18.0 Å². The van der Waals surface area contributed by atoms with Crippen LogP contribution in [-0.4, -0.2) is 71.5 Å². The fourth-order valence-corrected chi connectivity index (χ4v) is 2.67. The van der Waals surface area contributed by atoms with E-state index in [9.17, 15) is 19.5 Å². The number of carbonyl (C=O) groups is 3. The maximum absolute atomic E-state index is 12.0. The van der Waals surface area contributed by atoms with Gasteiger partial charge in [0.05, 0.1) is 13.2 Å². The SMILES string of the molecule is CC(C)C[C@H](N)C(=O)O.O=C(O)[C@H](Cc1ccccc1)NC(=O)N1CCOCC1. The van der Waals surface area contributed by atoms with E-state index in [2.05, 4.69) is 5.32 Å². The number of amides is 2. The molecule has 162 valence electrons. The van der Waals surface area contributed by atoms with Gasteiger partial charge in [-0.05, 0) is 17.9 Å². The second-order valence-electron chi connectivity index (χ2n) is 7.20. The molecule has 1 aliphatic heterocycles. The van der Waals surface area contributed by atoms with Crippen LogP contribution in [0.3, 0.4) is 0 Å². The lowest BCUT2D eigenvalue weighted by Crippen LogP contribution is -2.51. The highest BCUT2D eigenvalue weighted by molar-refractivity contribution is 5.82. The van der Waals surface area contributed by atoms with Crippen molar-refractivity contribution in [3.05, 3.63) is 35.9 Å². The molecular formula is C20H31N3O6. The molecule has 0 bridgehead atoms. The van der Waals surface area contributed by atoms with Gasteiger partial charge >= 0.3 is 18.0 Å². The number of hydrogen-bond donors (Lipinski definition) is 4. The van der Waals surface area contributed by atoms with Crippen molar-refractivity contribution in [2.45, 2.75) is 38.8 Å². The first kappa shape index (κ1) is 24.4. The molecule has 29 heavy (non-hydrogen) atoms. The Morgan fingerprint density at radius 1 is 1.10 bits per heavy atom. The number of hydrogen-bond acceptors (Lipinski definition) is 5. The van der Waals surface area contributed by atoms with Crippen LogP contribution in [0.25, 0.3) is 0 Å². The van der Waals surface area contributed by atoms with Crippen molar-refractivity contribution in [2.75, 3.05) is 26.3 Å². The summed E-state index contributed by atoms with van der Waals surface area (Å²) in [5.74, 6) is -1.59. The van der Waals surface area contributed by atoms with Crippen molar-refractivity contribution in [1.82, 2.24) is 10.2 Å². The van der Waals surface area contributed by atoms with E-state index in [0.717, 1.165) is 5.56 Å². The highest BCUT2D eigenvalue weighted by atomic mass is 16.5. The molecule has 0 saturated carbocycles. The van der Waals surface area contributed by atoms with Gasteiger partial charge in [0.25, 0.3) is 0 Å². The van der Waals surface area contributed by atoms with E-state index in [4.69, 9.17) is 15.6 Å². The average Bonchev–Trinajstić information content (AvgIpc) is 2.68. The molecule has 9 nitrogen and oxygen atoms in total. The number of nitrogens with zero attached hydrogens (tertiary/aromatic N) is 1. The minimum absolute atomic E-state index is 0.270. The molecule has 9 heteroatoms. The van der Waals surface area contributed by atoms with Crippen LogP contribution in [-0.2, 0) is 20.7 Å².